The number of amides is 2. The van der Waals surface area contributed by atoms with Gasteiger partial charge in [-0.05, 0) is 51.6 Å². The van der Waals surface area contributed by atoms with Crippen LogP contribution < -0.4 is 10.6 Å². The Kier molecular flexibility index (Phi) is 7.41. The molecule has 0 aromatic heterocycles. The molecule has 1 rings (SSSR count). The van der Waals surface area contributed by atoms with E-state index in [9.17, 15) is 14.4 Å². The van der Waals surface area contributed by atoms with Crippen molar-refractivity contribution >= 4 is 23.3 Å². The third-order valence-electron chi connectivity index (χ3n) is 3.61. The zero-order chi connectivity index (χ0) is 17.4. The van der Waals surface area contributed by atoms with Crippen molar-refractivity contribution in [2.24, 2.45) is 0 Å². The molecule has 0 aliphatic heterocycles. The van der Waals surface area contributed by atoms with E-state index in [1.165, 1.54) is 6.92 Å². The van der Waals surface area contributed by atoms with Gasteiger partial charge in [0.2, 0.25) is 11.8 Å². The zero-order valence-corrected chi connectivity index (χ0v) is 14.2. The van der Waals surface area contributed by atoms with Crippen LogP contribution in [0.2, 0.25) is 0 Å². The highest BCUT2D eigenvalue weighted by Gasteiger charge is 2.22. The molecule has 0 saturated carbocycles. The minimum Gasteiger partial charge on any atom is -0.355 e. The van der Waals surface area contributed by atoms with Crippen molar-refractivity contribution in [3.05, 3.63) is 29.8 Å². The fourth-order valence-electron chi connectivity index (χ4n) is 2.16. The van der Waals surface area contributed by atoms with E-state index < -0.39 is 6.04 Å². The van der Waals surface area contributed by atoms with Crippen molar-refractivity contribution in [3.8, 4) is 0 Å². The maximum absolute atomic E-state index is 12.3. The quantitative estimate of drug-likeness (QED) is 0.715. The average Bonchev–Trinajstić information content (AvgIpc) is 2.52. The monoisotopic (exact) mass is 319 g/mol. The summed E-state index contributed by atoms with van der Waals surface area (Å²) < 4.78 is 0. The van der Waals surface area contributed by atoms with Crippen molar-refractivity contribution in [1.29, 1.82) is 0 Å². The number of anilines is 1. The number of Topliss-reactive ketones (excluding diaryl/α,β-unsaturated/α-hetero) is 1. The number of ketones is 1. The van der Waals surface area contributed by atoms with Gasteiger partial charge in [-0.15, -0.1) is 0 Å². The molecule has 6 nitrogen and oxygen atoms in total. The summed E-state index contributed by atoms with van der Waals surface area (Å²) in [6.07, 6.45) is 0. The molecule has 0 bridgehead atoms. The van der Waals surface area contributed by atoms with Gasteiger partial charge in [0.05, 0.1) is 12.6 Å². The number of likely N-dealkylation sites (N-methyl/N-ethyl adjacent to an activating group) is 2. The molecule has 1 aromatic rings. The predicted octanol–water partition coefficient (Wildman–Crippen LogP) is 1.67. The van der Waals surface area contributed by atoms with Gasteiger partial charge in [-0.1, -0.05) is 6.92 Å². The Morgan fingerprint density at radius 3 is 2.22 bits per heavy atom. The van der Waals surface area contributed by atoms with Crippen LogP contribution >= 0.6 is 0 Å². The van der Waals surface area contributed by atoms with Gasteiger partial charge in [-0.25, -0.2) is 0 Å². The van der Waals surface area contributed by atoms with Crippen LogP contribution in [-0.4, -0.2) is 48.2 Å². The number of nitrogens with zero attached hydrogens (tertiary/aromatic N) is 1. The van der Waals surface area contributed by atoms with Gasteiger partial charge in [0.25, 0.3) is 0 Å². The molecule has 0 heterocycles. The largest absolute Gasteiger partial charge is 0.355 e. The van der Waals surface area contributed by atoms with E-state index >= 15 is 0 Å². The first-order valence-corrected chi connectivity index (χ1v) is 7.81. The minimum absolute atomic E-state index is 0.0182. The summed E-state index contributed by atoms with van der Waals surface area (Å²) in [6, 6.07) is 6.31. The summed E-state index contributed by atoms with van der Waals surface area (Å²) in [5.41, 5.74) is 1.23. The number of carbonyl (C=O) groups excluding carboxylic acids is 3. The van der Waals surface area contributed by atoms with Crippen molar-refractivity contribution in [1.82, 2.24) is 10.2 Å². The van der Waals surface area contributed by atoms with Crippen LogP contribution in [0.25, 0.3) is 0 Å². The third-order valence-corrected chi connectivity index (χ3v) is 3.61. The van der Waals surface area contributed by atoms with Crippen LogP contribution in [0, 0.1) is 0 Å². The Labute approximate surface area is 137 Å². The topological polar surface area (TPSA) is 78.5 Å². The van der Waals surface area contributed by atoms with Gasteiger partial charge in [0.15, 0.2) is 5.78 Å². The Balaban J connectivity index is 2.67. The van der Waals surface area contributed by atoms with E-state index in [0.717, 1.165) is 0 Å². The summed E-state index contributed by atoms with van der Waals surface area (Å²) >= 11 is 0. The molecule has 6 heteroatoms. The molecule has 0 aliphatic rings. The second kappa shape index (κ2) is 9.05. The Morgan fingerprint density at radius 1 is 1.13 bits per heavy atom. The standard InChI is InChI=1S/C17H25N3O3/c1-5-18-16(22)11-20(6-2)12(3)17(23)19-15-9-7-14(8-10-15)13(4)21/h7-10,12H,5-6,11H2,1-4H3,(H,18,22)(H,19,23)/t12-/m1/s1. The Morgan fingerprint density at radius 2 is 1.74 bits per heavy atom. The molecule has 0 aliphatic carbocycles. The highest BCUT2D eigenvalue weighted by molar-refractivity contribution is 5.97. The van der Waals surface area contributed by atoms with Crippen molar-refractivity contribution in [2.75, 3.05) is 25.0 Å². The average molecular weight is 319 g/mol. The van der Waals surface area contributed by atoms with Crippen LogP contribution in [-0.2, 0) is 9.59 Å². The van der Waals surface area contributed by atoms with Crippen molar-refractivity contribution in [3.63, 3.8) is 0 Å². The van der Waals surface area contributed by atoms with E-state index in [1.54, 1.807) is 36.1 Å². The molecule has 0 radical (unpaired) electrons. The van der Waals surface area contributed by atoms with Crippen LogP contribution in [0.1, 0.15) is 38.1 Å². The van der Waals surface area contributed by atoms with Crippen LogP contribution in [0.15, 0.2) is 24.3 Å². The molecule has 2 amide bonds. The molecule has 1 aromatic carbocycles. The lowest BCUT2D eigenvalue weighted by Crippen LogP contribution is -2.46. The Bertz CT molecular complexity index is 555. The maximum Gasteiger partial charge on any atom is 0.241 e. The fraction of sp³-hybridized carbons (Fsp3) is 0.471. The van der Waals surface area contributed by atoms with Crippen LogP contribution in [0.4, 0.5) is 5.69 Å². The Hall–Kier alpha value is -2.21. The lowest BCUT2D eigenvalue weighted by Gasteiger charge is -2.26. The number of hydrogen-bond donors (Lipinski definition) is 2. The molecule has 0 saturated heterocycles. The lowest BCUT2D eigenvalue weighted by atomic mass is 10.1. The molecule has 0 spiro atoms. The molecule has 23 heavy (non-hydrogen) atoms. The van der Waals surface area contributed by atoms with Crippen LogP contribution in [0.3, 0.4) is 0 Å². The second-order valence-electron chi connectivity index (χ2n) is 5.32. The number of rotatable bonds is 8. The van der Waals surface area contributed by atoms with E-state index in [4.69, 9.17) is 0 Å². The summed E-state index contributed by atoms with van der Waals surface area (Å²) in [4.78, 5) is 37.0. The smallest absolute Gasteiger partial charge is 0.241 e. The van der Waals surface area contributed by atoms with Crippen LogP contribution in [0.5, 0.6) is 0 Å². The number of hydrogen-bond acceptors (Lipinski definition) is 4. The maximum atomic E-state index is 12.3. The first kappa shape index (κ1) is 18.8. The van der Waals surface area contributed by atoms with E-state index in [1.807, 2.05) is 13.8 Å². The summed E-state index contributed by atoms with van der Waals surface area (Å²) in [7, 11) is 0. The molecule has 1 atom stereocenters. The highest BCUT2D eigenvalue weighted by Crippen LogP contribution is 2.11. The molecule has 2 N–H and O–H groups in total. The van der Waals surface area contributed by atoms with Gasteiger partial charge < -0.3 is 10.6 Å². The SMILES string of the molecule is CCNC(=O)CN(CC)[C@H](C)C(=O)Nc1ccc(C(C)=O)cc1. The summed E-state index contributed by atoms with van der Waals surface area (Å²) in [6.45, 7) is 8.37. The fourth-order valence-corrected chi connectivity index (χ4v) is 2.16. The molecule has 126 valence electrons. The second-order valence-corrected chi connectivity index (χ2v) is 5.32. The summed E-state index contributed by atoms with van der Waals surface area (Å²) in [5, 5.41) is 5.53. The molecule has 0 unspecified atom stereocenters. The van der Waals surface area contributed by atoms with Gasteiger partial charge >= 0.3 is 0 Å². The normalized spacial score (nSPS) is 11.9. The van der Waals surface area contributed by atoms with E-state index in [2.05, 4.69) is 10.6 Å². The van der Waals surface area contributed by atoms with E-state index in [-0.39, 0.29) is 24.1 Å². The van der Waals surface area contributed by atoms with Gasteiger partial charge in [-0.2, -0.15) is 0 Å². The molecular formula is C17H25N3O3. The van der Waals surface area contributed by atoms with Crippen molar-refractivity contribution < 1.29 is 14.4 Å². The lowest BCUT2D eigenvalue weighted by molar-refractivity contribution is -0.125. The number of carbonyl (C=O) groups is 3. The molecule has 0 fully saturated rings. The highest BCUT2D eigenvalue weighted by atomic mass is 16.2. The first-order chi connectivity index (χ1) is 10.9. The zero-order valence-electron chi connectivity index (χ0n) is 14.2. The summed E-state index contributed by atoms with van der Waals surface area (Å²) in [5.74, 6) is -0.304. The third kappa shape index (κ3) is 5.83. The van der Waals surface area contributed by atoms with Gasteiger partial charge in [0.1, 0.15) is 0 Å². The minimum atomic E-state index is -0.435. The number of nitrogens with one attached hydrogen (secondary N) is 2. The van der Waals surface area contributed by atoms with Gasteiger partial charge in [0, 0.05) is 17.8 Å². The van der Waals surface area contributed by atoms with Crippen molar-refractivity contribution in [2.45, 2.75) is 33.7 Å². The molecular weight excluding hydrogens is 294 g/mol. The van der Waals surface area contributed by atoms with Gasteiger partial charge in [-0.3, -0.25) is 19.3 Å². The van der Waals surface area contributed by atoms with E-state index in [0.29, 0.717) is 24.3 Å². The predicted molar refractivity (Wildman–Crippen MR) is 90.5 cm³/mol. The first-order valence-electron chi connectivity index (χ1n) is 7.81. The number of benzene rings is 1.